The molecule has 3 heteroatoms. The van der Waals surface area contributed by atoms with Crippen molar-refractivity contribution in [2.24, 2.45) is 0 Å². The maximum atomic E-state index is 9.63. The smallest absolute Gasteiger partial charge is 0.134 e. The van der Waals surface area contributed by atoms with Crippen LogP contribution in [0.3, 0.4) is 0 Å². The minimum atomic E-state index is -0.895. The minimum absolute atomic E-state index is 0.165. The van der Waals surface area contributed by atoms with Gasteiger partial charge in [0.1, 0.15) is 18.0 Å². The maximum Gasteiger partial charge on any atom is 0.134 e. The van der Waals surface area contributed by atoms with Gasteiger partial charge in [0, 0.05) is 0 Å². The van der Waals surface area contributed by atoms with Gasteiger partial charge in [-0.15, -0.1) is 0 Å². The molecule has 0 spiro atoms. The van der Waals surface area contributed by atoms with Crippen molar-refractivity contribution in [2.45, 2.75) is 12.2 Å². The summed E-state index contributed by atoms with van der Waals surface area (Å²) in [6.07, 6.45) is 3.21. The van der Waals surface area contributed by atoms with Gasteiger partial charge in [-0.3, -0.25) is 0 Å². The normalized spacial score (nSPS) is 14.1. The van der Waals surface area contributed by atoms with Crippen molar-refractivity contribution in [3.63, 3.8) is 0 Å². The van der Waals surface area contributed by atoms with Crippen LogP contribution in [0.4, 0.5) is 0 Å². The summed E-state index contributed by atoms with van der Waals surface area (Å²) in [6, 6.07) is 13.2. The fourth-order valence-electron chi connectivity index (χ4n) is 1.78. The molecule has 0 radical (unpaired) electrons. The highest BCUT2D eigenvalue weighted by molar-refractivity contribution is 5.27. The Labute approximate surface area is 106 Å². The number of aliphatic hydroxyl groups is 1. The summed E-state index contributed by atoms with van der Waals surface area (Å²) in [7, 11) is 0. The zero-order chi connectivity index (χ0) is 12.8. The molecule has 1 aromatic carbocycles. The average Bonchev–Trinajstić information content (AvgIpc) is 2.95. The molecule has 0 aliphatic heterocycles. The van der Waals surface area contributed by atoms with Gasteiger partial charge in [0.05, 0.1) is 12.9 Å². The molecule has 2 aromatic rings. The number of aliphatic hydroxyl groups excluding tert-OH is 1. The SMILES string of the molecule is C=C[C@](CO)(OCc1ccco1)c1ccccc1. The van der Waals surface area contributed by atoms with Gasteiger partial charge in [-0.1, -0.05) is 43.0 Å². The number of rotatable bonds is 6. The van der Waals surface area contributed by atoms with Crippen LogP contribution in [0.2, 0.25) is 0 Å². The molecule has 1 aromatic heterocycles. The van der Waals surface area contributed by atoms with Gasteiger partial charge >= 0.3 is 0 Å². The van der Waals surface area contributed by atoms with E-state index in [0.29, 0.717) is 5.76 Å². The third-order valence-electron chi connectivity index (χ3n) is 2.88. The molecule has 0 saturated carbocycles. The zero-order valence-electron chi connectivity index (χ0n) is 10.1. The number of ether oxygens (including phenoxy) is 1. The summed E-state index contributed by atoms with van der Waals surface area (Å²) in [5, 5.41) is 9.63. The van der Waals surface area contributed by atoms with Crippen molar-refractivity contribution < 1.29 is 14.3 Å². The first-order chi connectivity index (χ1) is 8.80. The molecule has 1 heterocycles. The van der Waals surface area contributed by atoms with Crippen LogP contribution < -0.4 is 0 Å². The number of benzene rings is 1. The third-order valence-corrected chi connectivity index (χ3v) is 2.88. The molecular weight excluding hydrogens is 228 g/mol. The molecule has 0 fully saturated rings. The van der Waals surface area contributed by atoms with Gasteiger partial charge in [-0.05, 0) is 17.7 Å². The van der Waals surface area contributed by atoms with E-state index in [2.05, 4.69) is 6.58 Å². The van der Waals surface area contributed by atoms with Crippen LogP contribution in [0, 0.1) is 0 Å². The summed E-state index contributed by atoms with van der Waals surface area (Å²) in [4.78, 5) is 0. The number of hydrogen-bond acceptors (Lipinski definition) is 3. The van der Waals surface area contributed by atoms with Crippen LogP contribution in [0.1, 0.15) is 11.3 Å². The predicted molar refractivity (Wildman–Crippen MR) is 68.9 cm³/mol. The van der Waals surface area contributed by atoms with Crippen molar-refractivity contribution in [2.75, 3.05) is 6.61 Å². The standard InChI is InChI=1S/C15H16O3/c1-2-15(12-16,13-7-4-3-5-8-13)18-11-14-9-6-10-17-14/h2-10,16H,1,11-12H2/t15-/m1/s1. The summed E-state index contributed by atoms with van der Waals surface area (Å²) in [6.45, 7) is 3.89. The average molecular weight is 244 g/mol. The molecule has 2 rings (SSSR count). The van der Waals surface area contributed by atoms with E-state index in [-0.39, 0.29) is 13.2 Å². The van der Waals surface area contributed by atoms with E-state index < -0.39 is 5.60 Å². The molecular formula is C15H16O3. The van der Waals surface area contributed by atoms with Gasteiger partial charge in [-0.2, -0.15) is 0 Å². The molecule has 0 unspecified atom stereocenters. The molecule has 1 atom stereocenters. The van der Waals surface area contributed by atoms with Crippen molar-refractivity contribution >= 4 is 0 Å². The third kappa shape index (κ3) is 2.53. The molecule has 0 amide bonds. The lowest BCUT2D eigenvalue weighted by Crippen LogP contribution is -2.31. The van der Waals surface area contributed by atoms with Gasteiger partial charge < -0.3 is 14.3 Å². The Kier molecular flexibility index (Phi) is 3.97. The Hall–Kier alpha value is -1.84. The first kappa shape index (κ1) is 12.6. The fraction of sp³-hybridized carbons (Fsp3) is 0.200. The van der Waals surface area contributed by atoms with E-state index in [4.69, 9.17) is 9.15 Å². The molecule has 0 aliphatic carbocycles. The summed E-state index contributed by atoms with van der Waals surface area (Å²) in [5.41, 5.74) is -0.0253. The Morgan fingerprint density at radius 1 is 1.22 bits per heavy atom. The van der Waals surface area contributed by atoms with Crippen molar-refractivity contribution in [1.82, 2.24) is 0 Å². The summed E-state index contributed by atoms with van der Waals surface area (Å²) < 4.78 is 11.0. The number of hydrogen-bond donors (Lipinski definition) is 1. The van der Waals surface area contributed by atoms with Crippen LogP contribution in [0.25, 0.3) is 0 Å². The van der Waals surface area contributed by atoms with E-state index in [1.54, 1.807) is 18.4 Å². The van der Waals surface area contributed by atoms with Crippen LogP contribution in [0.15, 0.2) is 65.8 Å². The minimum Gasteiger partial charge on any atom is -0.467 e. The molecule has 3 nitrogen and oxygen atoms in total. The first-order valence-electron chi connectivity index (χ1n) is 5.77. The lowest BCUT2D eigenvalue weighted by molar-refractivity contribution is -0.0650. The van der Waals surface area contributed by atoms with Gasteiger partial charge in [0.25, 0.3) is 0 Å². The number of furan rings is 1. The van der Waals surface area contributed by atoms with E-state index >= 15 is 0 Å². The Bertz CT molecular complexity index is 476. The van der Waals surface area contributed by atoms with Gasteiger partial charge in [-0.25, -0.2) is 0 Å². The van der Waals surface area contributed by atoms with Crippen molar-refractivity contribution in [3.8, 4) is 0 Å². The van der Waals surface area contributed by atoms with E-state index in [1.165, 1.54) is 0 Å². The molecule has 0 bridgehead atoms. The highest BCUT2D eigenvalue weighted by Gasteiger charge is 2.29. The highest BCUT2D eigenvalue weighted by Crippen LogP contribution is 2.27. The topological polar surface area (TPSA) is 42.6 Å². The summed E-state index contributed by atoms with van der Waals surface area (Å²) >= 11 is 0. The fourth-order valence-corrected chi connectivity index (χ4v) is 1.78. The molecule has 94 valence electrons. The van der Waals surface area contributed by atoms with Crippen LogP contribution in [-0.4, -0.2) is 11.7 Å². The van der Waals surface area contributed by atoms with Gasteiger partial charge in [0.2, 0.25) is 0 Å². The first-order valence-corrected chi connectivity index (χ1v) is 5.77. The Morgan fingerprint density at radius 3 is 2.56 bits per heavy atom. The second kappa shape index (κ2) is 5.67. The maximum absolute atomic E-state index is 9.63. The van der Waals surface area contributed by atoms with Crippen LogP contribution >= 0.6 is 0 Å². The quantitative estimate of drug-likeness (QED) is 0.794. The molecule has 0 saturated heterocycles. The molecule has 18 heavy (non-hydrogen) atoms. The molecule has 1 N–H and O–H groups in total. The Balaban J connectivity index is 2.19. The zero-order valence-corrected chi connectivity index (χ0v) is 10.1. The second-order valence-electron chi connectivity index (χ2n) is 3.99. The highest BCUT2D eigenvalue weighted by atomic mass is 16.5. The second-order valence-corrected chi connectivity index (χ2v) is 3.99. The molecule has 0 aliphatic rings. The van der Waals surface area contributed by atoms with Crippen LogP contribution in [0.5, 0.6) is 0 Å². The van der Waals surface area contributed by atoms with Gasteiger partial charge in [0.15, 0.2) is 0 Å². The predicted octanol–water partition coefficient (Wildman–Crippen LogP) is 2.87. The van der Waals surface area contributed by atoms with Crippen molar-refractivity contribution in [1.29, 1.82) is 0 Å². The Morgan fingerprint density at radius 2 is 2.00 bits per heavy atom. The van der Waals surface area contributed by atoms with E-state index in [9.17, 15) is 5.11 Å². The largest absolute Gasteiger partial charge is 0.467 e. The lowest BCUT2D eigenvalue weighted by atomic mass is 9.94. The lowest BCUT2D eigenvalue weighted by Gasteiger charge is -2.28. The van der Waals surface area contributed by atoms with Crippen LogP contribution in [-0.2, 0) is 16.9 Å². The van der Waals surface area contributed by atoms with E-state index in [0.717, 1.165) is 5.56 Å². The summed E-state index contributed by atoms with van der Waals surface area (Å²) in [5.74, 6) is 0.714. The van der Waals surface area contributed by atoms with Crippen molar-refractivity contribution in [3.05, 3.63) is 72.7 Å². The van der Waals surface area contributed by atoms with E-state index in [1.807, 2.05) is 36.4 Å². The monoisotopic (exact) mass is 244 g/mol.